The molecule has 7 heteroatoms. The van der Waals surface area contributed by atoms with Crippen molar-refractivity contribution in [3.63, 3.8) is 0 Å². The first kappa shape index (κ1) is 16.3. The summed E-state index contributed by atoms with van der Waals surface area (Å²) < 4.78 is 1.93. The third-order valence-electron chi connectivity index (χ3n) is 4.41. The standard InChI is InChI=1S/C17H25N7/c1-10-8-13-15(18-10)19-17(22(4)5)20-16(13)23(6)9-14-11(2)21-24(7)12(14)3/h8H,9H2,1-7H3,(H,18,19,20). The highest BCUT2D eigenvalue weighted by Crippen LogP contribution is 2.28. The Balaban J connectivity index is 2.06. The van der Waals surface area contributed by atoms with E-state index in [-0.39, 0.29) is 0 Å². The number of H-pyrrole nitrogens is 1. The van der Waals surface area contributed by atoms with E-state index in [0.717, 1.165) is 34.8 Å². The molecular formula is C17H25N7. The summed E-state index contributed by atoms with van der Waals surface area (Å²) in [7, 11) is 7.95. The molecule has 0 spiro atoms. The number of anilines is 2. The maximum absolute atomic E-state index is 4.77. The fraction of sp³-hybridized carbons (Fsp3) is 0.471. The van der Waals surface area contributed by atoms with Gasteiger partial charge in [0.25, 0.3) is 0 Å². The third-order valence-corrected chi connectivity index (χ3v) is 4.41. The van der Waals surface area contributed by atoms with Crippen molar-refractivity contribution in [3.8, 4) is 0 Å². The number of nitrogens with one attached hydrogen (secondary N) is 1. The molecule has 0 aromatic carbocycles. The van der Waals surface area contributed by atoms with Gasteiger partial charge in [0.2, 0.25) is 5.95 Å². The zero-order valence-corrected chi connectivity index (χ0v) is 15.5. The molecule has 0 radical (unpaired) electrons. The second-order valence-corrected chi connectivity index (χ2v) is 6.59. The minimum Gasteiger partial charge on any atom is -0.354 e. The predicted octanol–water partition coefficient (Wildman–Crippen LogP) is 2.32. The van der Waals surface area contributed by atoms with Gasteiger partial charge in [0, 0.05) is 51.7 Å². The molecule has 0 amide bonds. The fourth-order valence-corrected chi connectivity index (χ4v) is 2.96. The van der Waals surface area contributed by atoms with Crippen LogP contribution in [-0.2, 0) is 13.6 Å². The molecule has 0 aliphatic rings. The van der Waals surface area contributed by atoms with Crippen LogP contribution in [0.4, 0.5) is 11.8 Å². The highest BCUT2D eigenvalue weighted by molar-refractivity contribution is 5.89. The molecule has 1 N–H and O–H groups in total. The molecule has 3 rings (SSSR count). The lowest BCUT2D eigenvalue weighted by atomic mass is 10.2. The summed E-state index contributed by atoms with van der Waals surface area (Å²) in [4.78, 5) is 16.8. The summed E-state index contributed by atoms with van der Waals surface area (Å²) in [6.45, 7) is 6.95. The average Bonchev–Trinajstić information content (AvgIpc) is 2.99. The van der Waals surface area contributed by atoms with Gasteiger partial charge in [-0.15, -0.1) is 0 Å². The maximum Gasteiger partial charge on any atom is 0.228 e. The zero-order valence-electron chi connectivity index (χ0n) is 15.5. The molecule has 0 unspecified atom stereocenters. The van der Waals surface area contributed by atoms with Gasteiger partial charge in [0.1, 0.15) is 11.5 Å². The van der Waals surface area contributed by atoms with Gasteiger partial charge >= 0.3 is 0 Å². The van der Waals surface area contributed by atoms with E-state index >= 15 is 0 Å². The molecule has 3 aromatic heterocycles. The number of fused-ring (bicyclic) bond motifs is 1. The Labute approximate surface area is 142 Å². The van der Waals surface area contributed by atoms with Crippen molar-refractivity contribution in [1.29, 1.82) is 0 Å². The number of aromatic amines is 1. The Morgan fingerprint density at radius 3 is 2.42 bits per heavy atom. The number of aryl methyl sites for hydroxylation is 3. The van der Waals surface area contributed by atoms with Crippen molar-refractivity contribution >= 4 is 22.8 Å². The van der Waals surface area contributed by atoms with Crippen LogP contribution < -0.4 is 9.80 Å². The highest BCUT2D eigenvalue weighted by Gasteiger charge is 2.17. The van der Waals surface area contributed by atoms with Crippen molar-refractivity contribution < 1.29 is 0 Å². The van der Waals surface area contributed by atoms with E-state index in [2.05, 4.69) is 46.9 Å². The summed E-state index contributed by atoms with van der Waals surface area (Å²) >= 11 is 0. The monoisotopic (exact) mass is 327 g/mol. The van der Waals surface area contributed by atoms with Crippen molar-refractivity contribution in [2.24, 2.45) is 7.05 Å². The highest BCUT2D eigenvalue weighted by atomic mass is 15.3. The van der Waals surface area contributed by atoms with Gasteiger partial charge in [-0.2, -0.15) is 15.1 Å². The van der Waals surface area contributed by atoms with Crippen molar-refractivity contribution in [2.45, 2.75) is 27.3 Å². The fourth-order valence-electron chi connectivity index (χ4n) is 2.96. The van der Waals surface area contributed by atoms with Gasteiger partial charge < -0.3 is 14.8 Å². The molecule has 0 fully saturated rings. The van der Waals surface area contributed by atoms with E-state index in [1.54, 1.807) is 0 Å². The molecule has 3 aromatic rings. The SMILES string of the molecule is Cc1cc2c(N(C)Cc3c(C)nn(C)c3C)nc(N(C)C)nc2[nH]1. The van der Waals surface area contributed by atoms with Gasteiger partial charge in [0.05, 0.1) is 11.1 Å². The Morgan fingerprint density at radius 1 is 1.12 bits per heavy atom. The van der Waals surface area contributed by atoms with Crippen LogP contribution in [0.2, 0.25) is 0 Å². The largest absolute Gasteiger partial charge is 0.354 e. The van der Waals surface area contributed by atoms with Gasteiger partial charge in [-0.05, 0) is 26.8 Å². The van der Waals surface area contributed by atoms with Gasteiger partial charge in [-0.25, -0.2) is 0 Å². The second-order valence-electron chi connectivity index (χ2n) is 6.59. The van der Waals surface area contributed by atoms with Gasteiger partial charge in [0.15, 0.2) is 0 Å². The van der Waals surface area contributed by atoms with Crippen LogP contribution in [0.25, 0.3) is 11.0 Å². The van der Waals surface area contributed by atoms with Crippen LogP contribution in [0.3, 0.4) is 0 Å². The first-order chi connectivity index (χ1) is 11.3. The summed E-state index contributed by atoms with van der Waals surface area (Å²) in [5, 5.41) is 5.55. The van der Waals surface area contributed by atoms with Crippen LogP contribution in [0.5, 0.6) is 0 Å². The van der Waals surface area contributed by atoms with E-state index in [1.807, 2.05) is 37.6 Å². The van der Waals surface area contributed by atoms with Gasteiger partial charge in [-0.3, -0.25) is 4.68 Å². The van der Waals surface area contributed by atoms with E-state index in [0.29, 0.717) is 5.95 Å². The first-order valence-electron chi connectivity index (χ1n) is 8.02. The smallest absolute Gasteiger partial charge is 0.228 e. The Kier molecular flexibility index (Phi) is 3.95. The van der Waals surface area contributed by atoms with Crippen LogP contribution in [0.1, 0.15) is 22.6 Å². The van der Waals surface area contributed by atoms with Gasteiger partial charge in [-0.1, -0.05) is 0 Å². The van der Waals surface area contributed by atoms with Crippen molar-refractivity contribution in [2.75, 3.05) is 30.9 Å². The Bertz CT molecular complexity index is 888. The Morgan fingerprint density at radius 2 is 1.83 bits per heavy atom. The molecule has 0 atom stereocenters. The molecule has 0 aliphatic heterocycles. The molecule has 3 heterocycles. The van der Waals surface area contributed by atoms with Crippen LogP contribution >= 0.6 is 0 Å². The molecule has 0 bridgehead atoms. The molecule has 0 saturated carbocycles. The summed E-state index contributed by atoms with van der Waals surface area (Å²) in [5.41, 5.74) is 5.43. The number of aromatic nitrogens is 5. The van der Waals surface area contributed by atoms with Crippen LogP contribution in [0, 0.1) is 20.8 Å². The molecule has 24 heavy (non-hydrogen) atoms. The molecule has 128 valence electrons. The summed E-state index contributed by atoms with van der Waals surface area (Å²) in [5.74, 6) is 1.63. The lowest BCUT2D eigenvalue weighted by Crippen LogP contribution is -2.21. The zero-order chi connectivity index (χ0) is 17.6. The number of nitrogens with zero attached hydrogens (tertiary/aromatic N) is 6. The normalized spacial score (nSPS) is 11.3. The lowest BCUT2D eigenvalue weighted by Gasteiger charge is -2.21. The van der Waals surface area contributed by atoms with Crippen LogP contribution in [-0.4, -0.2) is 45.9 Å². The lowest BCUT2D eigenvalue weighted by molar-refractivity contribution is 0.729. The van der Waals surface area contributed by atoms with E-state index in [4.69, 9.17) is 4.98 Å². The summed E-state index contributed by atoms with van der Waals surface area (Å²) in [6, 6.07) is 2.10. The number of hydrogen-bond donors (Lipinski definition) is 1. The second kappa shape index (κ2) is 5.81. The minimum atomic E-state index is 0.700. The van der Waals surface area contributed by atoms with Crippen LogP contribution in [0.15, 0.2) is 6.07 Å². The third kappa shape index (κ3) is 2.70. The summed E-state index contributed by atoms with van der Waals surface area (Å²) in [6.07, 6.45) is 0. The molecule has 0 aliphatic carbocycles. The average molecular weight is 327 g/mol. The van der Waals surface area contributed by atoms with E-state index in [9.17, 15) is 0 Å². The van der Waals surface area contributed by atoms with Crippen molar-refractivity contribution in [1.82, 2.24) is 24.7 Å². The maximum atomic E-state index is 4.77. The van der Waals surface area contributed by atoms with Crippen molar-refractivity contribution in [3.05, 3.63) is 28.7 Å². The van der Waals surface area contributed by atoms with E-state index < -0.39 is 0 Å². The quantitative estimate of drug-likeness (QED) is 0.796. The minimum absolute atomic E-state index is 0.700. The molecule has 7 nitrogen and oxygen atoms in total. The number of rotatable bonds is 4. The first-order valence-corrected chi connectivity index (χ1v) is 8.02. The topological polar surface area (TPSA) is 65.9 Å². The molecule has 0 saturated heterocycles. The predicted molar refractivity (Wildman–Crippen MR) is 97.7 cm³/mol. The van der Waals surface area contributed by atoms with E-state index in [1.165, 1.54) is 11.3 Å². The Hall–Kier alpha value is -2.57. The molecular weight excluding hydrogens is 302 g/mol. The number of hydrogen-bond acceptors (Lipinski definition) is 5.